The number of ketones is 1. The fraction of sp³-hybridized carbons (Fsp3) is 0.400. The Morgan fingerprint density at radius 3 is 2.50 bits per heavy atom. The Morgan fingerprint density at radius 2 is 1.80 bits per heavy atom. The van der Waals surface area contributed by atoms with Crippen molar-refractivity contribution in [1.29, 1.82) is 0 Å². The van der Waals surface area contributed by atoms with E-state index in [1.165, 1.54) is 12.1 Å². The SMILES string of the molecule is CC(=O)c1cn(CC(C)CN2CCC(Oc3ccc(F)cc3)CC2)c2ccccc12. The maximum atomic E-state index is 13.0. The van der Waals surface area contributed by atoms with E-state index in [4.69, 9.17) is 4.74 Å². The summed E-state index contributed by atoms with van der Waals surface area (Å²) in [5.74, 6) is 1.08. The monoisotopic (exact) mass is 408 g/mol. The van der Waals surface area contributed by atoms with E-state index in [-0.39, 0.29) is 17.7 Å². The highest BCUT2D eigenvalue weighted by Crippen LogP contribution is 2.24. The zero-order valence-corrected chi connectivity index (χ0v) is 17.7. The van der Waals surface area contributed by atoms with Crippen LogP contribution in [0, 0.1) is 11.7 Å². The number of fused-ring (bicyclic) bond motifs is 1. The number of benzene rings is 2. The molecule has 1 unspecified atom stereocenters. The molecule has 4 rings (SSSR count). The number of ether oxygens (including phenoxy) is 1. The molecule has 1 saturated heterocycles. The van der Waals surface area contributed by atoms with Gasteiger partial charge in [-0.15, -0.1) is 0 Å². The lowest BCUT2D eigenvalue weighted by molar-refractivity contribution is 0.0910. The van der Waals surface area contributed by atoms with Crippen molar-refractivity contribution < 1.29 is 13.9 Å². The number of carbonyl (C=O) groups is 1. The zero-order valence-electron chi connectivity index (χ0n) is 17.7. The summed E-state index contributed by atoms with van der Waals surface area (Å²) >= 11 is 0. The smallest absolute Gasteiger partial charge is 0.161 e. The number of halogens is 1. The minimum Gasteiger partial charge on any atom is -0.490 e. The molecule has 1 atom stereocenters. The summed E-state index contributed by atoms with van der Waals surface area (Å²) in [6, 6.07) is 14.4. The quantitative estimate of drug-likeness (QED) is 0.506. The fourth-order valence-corrected chi connectivity index (χ4v) is 4.43. The van der Waals surface area contributed by atoms with Gasteiger partial charge in [-0.25, -0.2) is 4.39 Å². The third-order valence-corrected chi connectivity index (χ3v) is 5.90. The summed E-state index contributed by atoms with van der Waals surface area (Å²) < 4.78 is 21.3. The van der Waals surface area contributed by atoms with Gasteiger partial charge in [0.05, 0.1) is 0 Å². The highest BCUT2D eigenvalue weighted by Gasteiger charge is 2.22. The van der Waals surface area contributed by atoms with E-state index < -0.39 is 0 Å². The molecule has 0 bridgehead atoms. The van der Waals surface area contributed by atoms with Crippen LogP contribution in [0.1, 0.15) is 37.0 Å². The molecular weight excluding hydrogens is 379 g/mol. The molecule has 0 aliphatic carbocycles. The summed E-state index contributed by atoms with van der Waals surface area (Å²) in [6.07, 6.45) is 4.15. The molecule has 30 heavy (non-hydrogen) atoms. The fourth-order valence-electron chi connectivity index (χ4n) is 4.43. The van der Waals surface area contributed by atoms with Crippen LogP contribution in [0.5, 0.6) is 5.75 Å². The topological polar surface area (TPSA) is 34.5 Å². The first-order valence-corrected chi connectivity index (χ1v) is 10.7. The number of aromatic nitrogens is 1. The van der Waals surface area contributed by atoms with Crippen LogP contribution in [0.4, 0.5) is 4.39 Å². The summed E-state index contributed by atoms with van der Waals surface area (Å²) in [4.78, 5) is 14.5. The zero-order chi connectivity index (χ0) is 21.1. The van der Waals surface area contributed by atoms with Crippen molar-refractivity contribution in [2.24, 2.45) is 5.92 Å². The molecule has 1 aromatic heterocycles. The minimum absolute atomic E-state index is 0.112. The van der Waals surface area contributed by atoms with Gasteiger partial charge >= 0.3 is 0 Å². The van der Waals surface area contributed by atoms with Gasteiger partial charge in [-0.2, -0.15) is 0 Å². The molecule has 0 amide bonds. The first-order valence-electron chi connectivity index (χ1n) is 10.7. The maximum Gasteiger partial charge on any atom is 0.161 e. The van der Waals surface area contributed by atoms with Crippen LogP contribution in [0.25, 0.3) is 10.9 Å². The van der Waals surface area contributed by atoms with Crippen molar-refractivity contribution in [1.82, 2.24) is 9.47 Å². The lowest BCUT2D eigenvalue weighted by Gasteiger charge is -2.33. The third-order valence-electron chi connectivity index (χ3n) is 5.90. The number of hydrogen-bond acceptors (Lipinski definition) is 3. The van der Waals surface area contributed by atoms with Crippen molar-refractivity contribution >= 4 is 16.7 Å². The predicted molar refractivity (Wildman–Crippen MR) is 118 cm³/mol. The lowest BCUT2D eigenvalue weighted by atomic mass is 10.0. The molecule has 158 valence electrons. The van der Waals surface area contributed by atoms with E-state index in [1.54, 1.807) is 19.1 Å². The average Bonchev–Trinajstić information content (AvgIpc) is 3.10. The van der Waals surface area contributed by atoms with E-state index in [0.29, 0.717) is 5.92 Å². The third kappa shape index (κ3) is 4.73. The van der Waals surface area contributed by atoms with Gasteiger partial charge in [-0.05, 0) is 56.0 Å². The van der Waals surface area contributed by atoms with Crippen LogP contribution in [-0.4, -0.2) is 41.0 Å². The molecule has 5 heteroatoms. The number of likely N-dealkylation sites (tertiary alicyclic amines) is 1. The number of piperidine rings is 1. The van der Waals surface area contributed by atoms with Gasteiger partial charge in [0.2, 0.25) is 0 Å². The highest BCUT2D eigenvalue weighted by atomic mass is 19.1. The van der Waals surface area contributed by atoms with E-state index in [9.17, 15) is 9.18 Å². The molecule has 0 radical (unpaired) electrons. The molecular formula is C25H29FN2O2. The van der Waals surface area contributed by atoms with Crippen molar-refractivity contribution in [2.45, 2.75) is 39.3 Å². The van der Waals surface area contributed by atoms with Crippen LogP contribution < -0.4 is 4.74 Å². The average molecular weight is 409 g/mol. The molecule has 2 aromatic carbocycles. The van der Waals surface area contributed by atoms with Crippen molar-refractivity contribution in [3.63, 3.8) is 0 Å². The van der Waals surface area contributed by atoms with Gasteiger partial charge < -0.3 is 14.2 Å². The second-order valence-corrected chi connectivity index (χ2v) is 8.45. The summed E-state index contributed by atoms with van der Waals surface area (Å²) in [5, 5.41) is 1.04. The highest BCUT2D eigenvalue weighted by molar-refractivity contribution is 6.06. The normalized spacial score (nSPS) is 16.6. The molecule has 1 aliphatic heterocycles. The Balaban J connectivity index is 1.31. The number of para-hydroxylation sites is 1. The largest absolute Gasteiger partial charge is 0.490 e. The number of hydrogen-bond donors (Lipinski definition) is 0. The van der Waals surface area contributed by atoms with Crippen LogP contribution in [0.2, 0.25) is 0 Å². The first kappa shape index (κ1) is 20.6. The van der Waals surface area contributed by atoms with E-state index >= 15 is 0 Å². The number of Topliss-reactive ketones (excluding diaryl/α,β-unsaturated/α-hetero) is 1. The van der Waals surface area contributed by atoms with E-state index in [0.717, 1.165) is 61.2 Å². The van der Waals surface area contributed by atoms with Crippen molar-refractivity contribution in [3.05, 3.63) is 66.1 Å². The minimum atomic E-state index is -0.239. The molecule has 4 nitrogen and oxygen atoms in total. The molecule has 1 aliphatic rings. The Kier molecular flexibility index (Phi) is 6.18. The Hall–Kier alpha value is -2.66. The number of rotatable bonds is 7. The predicted octanol–water partition coefficient (Wildman–Crippen LogP) is 5.16. The van der Waals surface area contributed by atoms with Gasteiger partial charge in [-0.1, -0.05) is 25.1 Å². The lowest BCUT2D eigenvalue weighted by Crippen LogP contribution is -2.40. The standard InChI is InChI=1S/C25H29FN2O2/c1-18(16-28-17-24(19(2)29)23-5-3-4-6-25(23)28)15-27-13-11-22(12-14-27)30-21-9-7-20(26)8-10-21/h3-10,17-18,22H,11-16H2,1-2H3. The Morgan fingerprint density at radius 1 is 1.10 bits per heavy atom. The van der Waals surface area contributed by atoms with Crippen LogP contribution in [-0.2, 0) is 6.54 Å². The molecule has 1 fully saturated rings. The molecule has 2 heterocycles. The molecule has 3 aromatic rings. The summed E-state index contributed by atoms with van der Waals surface area (Å²) in [6.45, 7) is 7.81. The Bertz CT molecular complexity index is 1000. The van der Waals surface area contributed by atoms with Gasteiger partial charge in [0.15, 0.2) is 5.78 Å². The second-order valence-electron chi connectivity index (χ2n) is 8.45. The van der Waals surface area contributed by atoms with E-state index in [1.807, 2.05) is 24.4 Å². The summed E-state index contributed by atoms with van der Waals surface area (Å²) in [5.41, 5.74) is 1.93. The Labute approximate surface area is 177 Å². The van der Waals surface area contributed by atoms with E-state index in [2.05, 4.69) is 22.5 Å². The summed E-state index contributed by atoms with van der Waals surface area (Å²) in [7, 11) is 0. The van der Waals surface area contributed by atoms with Gasteiger partial charge in [-0.3, -0.25) is 4.79 Å². The number of carbonyl (C=O) groups excluding carboxylic acids is 1. The van der Waals surface area contributed by atoms with Crippen LogP contribution >= 0.6 is 0 Å². The molecule has 0 saturated carbocycles. The van der Waals surface area contributed by atoms with Crippen LogP contribution in [0.15, 0.2) is 54.7 Å². The van der Waals surface area contributed by atoms with Gasteiger partial charge in [0.1, 0.15) is 17.7 Å². The molecule has 0 spiro atoms. The van der Waals surface area contributed by atoms with Gasteiger partial charge in [0, 0.05) is 48.8 Å². The first-order chi connectivity index (χ1) is 14.5. The van der Waals surface area contributed by atoms with Crippen LogP contribution in [0.3, 0.4) is 0 Å². The number of nitrogens with zero attached hydrogens (tertiary/aromatic N) is 2. The van der Waals surface area contributed by atoms with Crippen molar-refractivity contribution in [3.8, 4) is 5.75 Å². The maximum absolute atomic E-state index is 13.0. The molecule has 0 N–H and O–H groups in total. The second kappa shape index (κ2) is 9.00. The van der Waals surface area contributed by atoms with Gasteiger partial charge in [0.25, 0.3) is 0 Å². The van der Waals surface area contributed by atoms with Crippen molar-refractivity contribution in [2.75, 3.05) is 19.6 Å².